The van der Waals surface area contributed by atoms with Crippen LogP contribution in [0.4, 0.5) is 0 Å². The van der Waals surface area contributed by atoms with E-state index in [1.165, 1.54) is 12.1 Å². The summed E-state index contributed by atoms with van der Waals surface area (Å²) in [4.78, 5) is 22.7. The van der Waals surface area contributed by atoms with Crippen LogP contribution in [0.2, 0.25) is 0 Å². The van der Waals surface area contributed by atoms with Crippen LogP contribution in [0.15, 0.2) is 53.4 Å². The maximum Gasteiger partial charge on any atom is 0.303 e. The summed E-state index contributed by atoms with van der Waals surface area (Å²) < 4.78 is 27.8. The zero-order valence-corrected chi connectivity index (χ0v) is 15.8. The lowest BCUT2D eigenvalue weighted by Crippen LogP contribution is -2.27. The molecule has 2 rings (SSSR count). The highest BCUT2D eigenvalue weighted by Gasteiger charge is 2.19. The Morgan fingerprint density at radius 3 is 2.44 bits per heavy atom. The van der Waals surface area contributed by atoms with E-state index < -0.39 is 21.9 Å². The predicted molar refractivity (Wildman–Crippen MR) is 101 cm³/mol. The van der Waals surface area contributed by atoms with Gasteiger partial charge >= 0.3 is 5.97 Å². The number of carboxylic acid groups (broad SMARTS) is 1. The Morgan fingerprint density at radius 1 is 1.07 bits per heavy atom. The maximum atomic E-state index is 12.6. The van der Waals surface area contributed by atoms with Gasteiger partial charge in [-0.05, 0) is 36.6 Å². The molecular weight excluding hydrogens is 368 g/mol. The maximum absolute atomic E-state index is 12.6. The highest BCUT2D eigenvalue weighted by Crippen LogP contribution is 2.17. The molecule has 144 valence electrons. The van der Waals surface area contributed by atoms with Gasteiger partial charge < -0.3 is 10.4 Å². The molecular formula is C19H22N2O5S. The lowest BCUT2D eigenvalue weighted by atomic mass is 10.1. The van der Waals surface area contributed by atoms with Gasteiger partial charge in [-0.3, -0.25) is 9.59 Å². The van der Waals surface area contributed by atoms with Gasteiger partial charge in [0.05, 0.1) is 4.90 Å². The number of amides is 1. The zero-order valence-electron chi connectivity index (χ0n) is 14.9. The van der Waals surface area contributed by atoms with Gasteiger partial charge in [-0.15, -0.1) is 0 Å². The van der Waals surface area contributed by atoms with Gasteiger partial charge in [-0.2, -0.15) is 0 Å². The predicted octanol–water partition coefficient (Wildman–Crippen LogP) is 2.07. The highest BCUT2D eigenvalue weighted by atomic mass is 32.2. The van der Waals surface area contributed by atoms with Crippen LogP contribution in [0.3, 0.4) is 0 Å². The summed E-state index contributed by atoms with van der Waals surface area (Å²) in [6.07, 6.45) is 0.258. The largest absolute Gasteiger partial charge is 0.481 e. The summed E-state index contributed by atoms with van der Waals surface area (Å²) in [6, 6.07) is 13.6. The van der Waals surface area contributed by atoms with E-state index in [1.807, 2.05) is 30.3 Å². The van der Waals surface area contributed by atoms with Crippen LogP contribution in [0.25, 0.3) is 0 Å². The zero-order chi connectivity index (χ0) is 19.9. The van der Waals surface area contributed by atoms with E-state index in [0.29, 0.717) is 12.0 Å². The molecule has 0 unspecified atom stereocenters. The molecule has 1 amide bonds. The third kappa shape index (κ3) is 6.19. The molecule has 0 aliphatic rings. The lowest BCUT2D eigenvalue weighted by molar-refractivity contribution is -0.137. The van der Waals surface area contributed by atoms with E-state index in [9.17, 15) is 18.0 Å². The molecule has 0 heterocycles. The summed E-state index contributed by atoms with van der Waals surface area (Å²) in [5.41, 5.74) is 1.56. The van der Waals surface area contributed by atoms with E-state index in [1.54, 1.807) is 13.0 Å². The Labute approximate surface area is 158 Å². The average molecular weight is 390 g/mol. The molecule has 2 aromatic rings. The van der Waals surface area contributed by atoms with Crippen LogP contribution in [0.1, 0.15) is 34.3 Å². The number of hydrogen-bond donors (Lipinski definition) is 3. The summed E-state index contributed by atoms with van der Waals surface area (Å²) in [6.45, 7) is 2.01. The number of sulfonamides is 1. The number of nitrogens with one attached hydrogen (secondary N) is 2. The fraction of sp³-hybridized carbons (Fsp3) is 0.263. The van der Waals surface area contributed by atoms with Crippen molar-refractivity contribution in [1.82, 2.24) is 10.0 Å². The first kappa shape index (κ1) is 20.6. The molecule has 0 aliphatic heterocycles. The fourth-order valence-electron chi connectivity index (χ4n) is 2.43. The Kier molecular flexibility index (Phi) is 7.09. The summed E-state index contributed by atoms with van der Waals surface area (Å²) in [5.74, 6) is -1.38. The van der Waals surface area contributed by atoms with Crippen molar-refractivity contribution in [2.75, 3.05) is 6.54 Å². The summed E-state index contributed by atoms with van der Waals surface area (Å²) in [5, 5.41) is 11.2. The molecule has 0 saturated carbocycles. The van der Waals surface area contributed by atoms with Crippen LogP contribution >= 0.6 is 0 Å². The van der Waals surface area contributed by atoms with Crippen LogP contribution in [-0.4, -0.2) is 31.9 Å². The molecule has 0 spiro atoms. The number of carbonyl (C=O) groups is 2. The van der Waals surface area contributed by atoms with Crippen LogP contribution in [0, 0.1) is 6.92 Å². The van der Waals surface area contributed by atoms with E-state index in [4.69, 9.17) is 5.11 Å². The topological polar surface area (TPSA) is 113 Å². The first-order valence-corrected chi connectivity index (χ1v) is 9.92. The van der Waals surface area contributed by atoms with Crippen molar-refractivity contribution in [3.63, 3.8) is 0 Å². The number of carbonyl (C=O) groups excluding carboxylic acids is 1. The SMILES string of the molecule is Cc1ccc(C(=O)NCCCC(=O)O)cc1S(=O)(=O)NCc1ccccc1. The number of benzene rings is 2. The van der Waals surface area contributed by atoms with E-state index in [2.05, 4.69) is 10.0 Å². The Balaban J connectivity index is 2.08. The molecule has 7 nitrogen and oxygen atoms in total. The summed E-state index contributed by atoms with van der Waals surface area (Å²) in [7, 11) is -3.79. The van der Waals surface area contributed by atoms with Crippen LogP contribution < -0.4 is 10.0 Å². The third-order valence-electron chi connectivity index (χ3n) is 3.90. The summed E-state index contributed by atoms with van der Waals surface area (Å²) >= 11 is 0. The quantitative estimate of drug-likeness (QED) is 0.568. The van der Waals surface area contributed by atoms with Gasteiger partial charge in [0.25, 0.3) is 5.91 Å². The minimum absolute atomic E-state index is 0.0385. The van der Waals surface area contributed by atoms with Crippen molar-refractivity contribution in [3.05, 3.63) is 65.2 Å². The minimum Gasteiger partial charge on any atom is -0.481 e. The van der Waals surface area contributed by atoms with Gasteiger partial charge in [0.15, 0.2) is 0 Å². The molecule has 0 aromatic heterocycles. The minimum atomic E-state index is -3.79. The fourth-order valence-corrected chi connectivity index (χ4v) is 3.71. The monoisotopic (exact) mass is 390 g/mol. The van der Waals surface area contributed by atoms with Crippen molar-refractivity contribution >= 4 is 21.9 Å². The normalized spacial score (nSPS) is 11.1. The van der Waals surface area contributed by atoms with Crippen molar-refractivity contribution in [2.24, 2.45) is 0 Å². The second-order valence-corrected chi connectivity index (χ2v) is 7.78. The van der Waals surface area contributed by atoms with Crippen molar-refractivity contribution in [1.29, 1.82) is 0 Å². The molecule has 0 radical (unpaired) electrons. The number of rotatable bonds is 9. The van der Waals surface area contributed by atoms with Crippen LogP contribution in [0.5, 0.6) is 0 Å². The van der Waals surface area contributed by atoms with Crippen LogP contribution in [-0.2, 0) is 21.4 Å². The second kappa shape index (κ2) is 9.29. The Morgan fingerprint density at radius 2 is 1.78 bits per heavy atom. The first-order valence-electron chi connectivity index (χ1n) is 8.44. The number of aryl methyl sites for hydroxylation is 1. The van der Waals surface area contributed by atoms with Gasteiger partial charge in [0, 0.05) is 25.1 Å². The van der Waals surface area contributed by atoms with Gasteiger partial charge in [-0.25, -0.2) is 13.1 Å². The number of aliphatic carboxylic acids is 1. The molecule has 27 heavy (non-hydrogen) atoms. The highest BCUT2D eigenvalue weighted by molar-refractivity contribution is 7.89. The van der Waals surface area contributed by atoms with Crippen molar-refractivity contribution in [3.8, 4) is 0 Å². The van der Waals surface area contributed by atoms with Gasteiger partial charge in [0.2, 0.25) is 10.0 Å². The Hall–Kier alpha value is -2.71. The average Bonchev–Trinajstić information content (AvgIpc) is 2.64. The van der Waals surface area contributed by atoms with E-state index in [-0.39, 0.29) is 30.0 Å². The molecule has 0 fully saturated rings. The third-order valence-corrected chi connectivity index (χ3v) is 5.45. The molecule has 0 saturated heterocycles. The molecule has 0 atom stereocenters. The molecule has 0 bridgehead atoms. The van der Waals surface area contributed by atoms with Gasteiger partial charge in [0.1, 0.15) is 0 Å². The van der Waals surface area contributed by atoms with E-state index in [0.717, 1.165) is 5.56 Å². The van der Waals surface area contributed by atoms with Crippen molar-refractivity contribution < 1.29 is 23.1 Å². The molecule has 8 heteroatoms. The van der Waals surface area contributed by atoms with Crippen molar-refractivity contribution in [2.45, 2.75) is 31.2 Å². The Bertz CT molecular complexity index is 911. The molecule has 3 N–H and O–H groups in total. The number of carboxylic acids is 1. The standard InChI is InChI=1S/C19H22N2O5S/c1-14-9-10-16(19(24)20-11-5-8-18(22)23)12-17(14)27(25,26)21-13-15-6-3-2-4-7-15/h2-4,6-7,9-10,12,21H,5,8,11,13H2,1H3,(H,20,24)(H,22,23). The van der Waals surface area contributed by atoms with Gasteiger partial charge in [-0.1, -0.05) is 36.4 Å². The first-order chi connectivity index (χ1) is 12.8. The second-order valence-electron chi connectivity index (χ2n) is 6.04. The van der Waals surface area contributed by atoms with E-state index >= 15 is 0 Å². The molecule has 0 aliphatic carbocycles. The molecule has 2 aromatic carbocycles. The lowest BCUT2D eigenvalue weighted by Gasteiger charge is -2.11. The number of hydrogen-bond acceptors (Lipinski definition) is 4. The smallest absolute Gasteiger partial charge is 0.303 e.